The number of aryl methyl sites for hydroxylation is 1. The van der Waals surface area contributed by atoms with Gasteiger partial charge in [-0.2, -0.15) is 5.10 Å². The first-order chi connectivity index (χ1) is 14.6. The average Bonchev–Trinajstić information content (AvgIpc) is 3.43. The summed E-state index contributed by atoms with van der Waals surface area (Å²) < 4.78 is 8.03. The van der Waals surface area contributed by atoms with Crippen molar-refractivity contribution in [1.82, 2.24) is 14.8 Å². The molecule has 1 atom stereocenters. The molecule has 1 aliphatic heterocycles. The van der Waals surface area contributed by atoms with Crippen LogP contribution in [0.5, 0.6) is 0 Å². The number of carbonyl (C=O) groups is 1. The van der Waals surface area contributed by atoms with Crippen LogP contribution in [0.4, 0.5) is 5.13 Å². The van der Waals surface area contributed by atoms with Gasteiger partial charge in [-0.3, -0.25) is 14.5 Å². The largest absolute Gasteiger partial charge is 0.376 e. The summed E-state index contributed by atoms with van der Waals surface area (Å²) in [6.07, 6.45) is 1.84. The highest BCUT2D eigenvalue weighted by atomic mass is 32.1. The highest BCUT2D eigenvalue weighted by molar-refractivity contribution is 7.22. The van der Waals surface area contributed by atoms with Gasteiger partial charge in [-0.05, 0) is 31.0 Å². The van der Waals surface area contributed by atoms with Crippen LogP contribution in [0.15, 0.2) is 53.3 Å². The molecule has 30 heavy (non-hydrogen) atoms. The van der Waals surface area contributed by atoms with Crippen LogP contribution in [0.3, 0.4) is 0 Å². The lowest BCUT2D eigenvalue weighted by molar-refractivity contribution is 0.0913. The summed E-state index contributed by atoms with van der Waals surface area (Å²) >= 11 is 1.47. The van der Waals surface area contributed by atoms with E-state index in [4.69, 9.17) is 9.72 Å². The van der Waals surface area contributed by atoms with E-state index in [1.165, 1.54) is 16.0 Å². The van der Waals surface area contributed by atoms with Gasteiger partial charge in [0.05, 0.1) is 28.3 Å². The Morgan fingerprint density at radius 1 is 1.20 bits per heavy atom. The monoisotopic (exact) mass is 420 g/mol. The Balaban J connectivity index is 1.64. The molecule has 2 aromatic carbocycles. The summed E-state index contributed by atoms with van der Waals surface area (Å²) in [5.41, 5.74) is 0.860. The minimum Gasteiger partial charge on any atom is -0.376 e. The van der Waals surface area contributed by atoms with Crippen LogP contribution >= 0.6 is 11.3 Å². The second kappa shape index (κ2) is 7.62. The summed E-state index contributed by atoms with van der Waals surface area (Å²) in [5.74, 6) is -0.281. The van der Waals surface area contributed by atoms with Crippen LogP contribution in [0.1, 0.15) is 23.3 Å². The van der Waals surface area contributed by atoms with Crippen LogP contribution < -0.4 is 10.5 Å². The summed E-state index contributed by atoms with van der Waals surface area (Å²) in [6.45, 7) is 1.10. The number of nitrogens with zero attached hydrogens (tertiary/aromatic N) is 4. The maximum atomic E-state index is 13.7. The molecule has 152 valence electrons. The van der Waals surface area contributed by atoms with Gasteiger partial charge in [0.2, 0.25) is 0 Å². The van der Waals surface area contributed by atoms with E-state index in [2.05, 4.69) is 5.10 Å². The number of fused-ring (bicyclic) bond motifs is 2. The quantitative estimate of drug-likeness (QED) is 0.506. The molecule has 1 fully saturated rings. The van der Waals surface area contributed by atoms with Crippen molar-refractivity contribution < 1.29 is 9.53 Å². The molecule has 0 radical (unpaired) electrons. The van der Waals surface area contributed by atoms with Crippen molar-refractivity contribution in [3.63, 3.8) is 0 Å². The number of benzene rings is 2. The van der Waals surface area contributed by atoms with E-state index in [-0.39, 0.29) is 23.3 Å². The number of carbonyl (C=O) groups excluding carboxylic acids is 1. The molecule has 0 saturated carbocycles. The van der Waals surface area contributed by atoms with Gasteiger partial charge in [0.15, 0.2) is 10.8 Å². The molecule has 5 rings (SSSR count). The van der Waals surface area contributed by atoms with Crippen molar-refractivity contribution in [1.29, 1.82) is 0 Å². The predicted octanol–water partition coefficient (Wildman–Crippen LogP) is 3.37. The van der Waals surface area contributed by atoms with Gasteiger partial charge in [0.1, 0.15) is 0 Å². The van der Waals surface area contributed by atoms with Gasteiger partial charge in [0, 0.05) is 19.0 Å². The molecular weight excluding hydrogens is 400 g/mol. The zero-order chi connectivity index (χ0) is 20.7. The average molecular weight is 420 g/mol. The maximum absolute atomic E-state index is 13.7. The second-order valence-electron chi connectivity index (χ2n) is 7.34. The van der Waals surface area contributed by atoms with Gasteiger partial charge < -0.3 is 4.74 Å². The Labute approximate surface area is 176 Å². The first-order valence-corrected chi connectivity index (χ1v) is 10.7. The molecule has 2 aromatic heterocycles. The smallest absolute Gasteiger partial charge is 0.281 e. The molecular formula is C22H20N4O3S. The third-order valence-corrected chi connectivity index (χ3v) is 6.39. The van der Waals surface area contributed by atoms with E-state index < -0.39 is 0 Å². The standard InChI is InChI=1S/C22H20N4O3S/c1-25-20(27)16-9-3-2-8-15(16)19(24-25)21(28)26(13-14-7-6-12-29-14)22-23-17-10-4-5-11-18(17)30-22/h2-5,8-11,14H,6-7,12-13H2,1H3. The Bertz CT molecular complexity index is 1270. The molecule has 1 saturated heterocycles. The topological polar surface area (TPSA) is 77.3 Å². The highest BCUT2D eigenvalue weighted by Gasteiger charge is 2.29. The van der Waals surface area contributed by atoms with Crippen LogP contribution in [-0.4, -0.2) is 39.9 Å². The minimum atomic E-state index is -0.281. The Morgan fingerprint density at radius 2 is 1.97 bits per heavy atom. The lowest BCUT2D eigenvalue weighted by atomic mass is 10.1. The van der Waals surface area contributed by atoms with Crippen LogP contribution in [0.2, 0.25) is 0 Å². The van der Waals surface area contributed by atoms with Gasteiger partial charge in [-0.15, -0.1) is 0 Å². The van der Waals surface area contributed by atoms with Gasteiger partial charge in [-0.25, -0.2) is 9.67 Å². The lowest BCUT2D eigenvalue weighted by Gasteiger charge is -2.23. The Morgan fingerprint density at radius 3 is 2.73 bits per heavy atom. The highest BCUT2D eigenvalue weighted by Crippen LogP contribution is 2.31. The third-order valence-electron chi connectivity index (χ3n) is 5.33. The molecule has 7 nitrogen and oxygen atoms in total. The molecule has 4 aromatic rings. The fourth-order valence-corrected chi connectivity index (χ4v) is 4.77. The summed E-state index contributed by atoms with van der Waals surface area (Å²) in [5, 5.41) is 5.95. The van der Waals surface area contributed by atoms with E-state index in [0.29, 0.717) is 29.1 Å². The number of rotatable bonds is 4. The molecule has 1 amide bonds. The zero-order valence-corrected chi connectivity index (χ0v) is 17.3. The van der Waals surface area contributed by atoms with Crippen LogP contribution in [-0.2, 0) is 11.8 Å². The van der Waals surface area contributed by atoms with E-state index in [9.17, 15) is 9.59 Å². The van der Waals surface area contributed by atoms with Crippen LogP contribution in [0, 0.1) is 0 Å². The summed E-state index contributed by atoms with van der Waals surface area (Å²) in [4.78, 5) is 32.6. The molecule has 0 N–H and O–H groups in total. The number of thiazole rings is 1. The number of hydrogen-bond donors (Lipinski definition) is 0. The van der Waals surface area contributed by atoms with Crippen molar-refractivity contribution in [3.8, 4) is 0 Å². The molecule has 0 aliphatic carbocycles. The van der Waals surface area contributed by atoms with Crippen molar-refractivity contribution >= 4 is 43.4 Å². The molecule has 0 bridgehead atoms. The van der Waals surface area contributed by atoms with Crippen molar-refractivity contribution in [2.45, 2.75) is 18.9 Å². The molecule has 1 unspecified atom stereocenters. The molecule has 0 spiro atoms. The Hall–Kier alpha value is -3.10. The summed E-state index contributed by atoms with van der Waals surface area (Å²) in [6, 6.07) is 14.9. The predicted molar refractivity (Wildman–Crippen MR) is 117 cm³/mol. The van der Waals surface area contributed by atoms with Crippen molar-refractivity contribution in [2.24, 2.45) is 7.05 Å². The normalized spacial score (nSPS) is 16.4. The van der Waals surface area contributed by atoms with Crippen molar-refractivity contribution in [2.75, 3.05) is 18.1 Å². The van der Waals surface area contributed by atoms with E-state index in [0.717, 1.165) is 23.1 Å². The fourth-order valence-electron chi connectivity index (χ4n) is 3.80. The van der Waals surface area contributed by atoms with E-state index in [1.807, 2.05) is 30.3 Å². The van der Waals surface area contributed by atoms with E-state index >= 15 is 0 Å². The summed E-state index contributed by atoms with van der Waals surface area (Å²) in [7, 11) is 1.56. The maximum Gasteiger partial charge on any atom is 0.281 e. The number of anilines is 1. The number of aromatic nitrogens is 3. The minimum absolute atomic E-state index is 0.0419. The SMILES string of the molecule is Cn1nc(C(=O)N(CC2CCCO2)c2nc3ccccc3s2)c2ccccc2c1=O. The van der Waals surface area contributed by atoms with Gasteiger partial charge in [-0.1, -0.05) is 41.7 Å². The van der Waals surface area contributed by atoms with Gasteiger partial charge in [0.25, 0.3) is 11.5 Å². The Kier molecular flexibility index (Phi) is 4.80. The molecule has 3 heterocycles. The fraction of sp³-hybridized carbons (Fsp3) is 0.273. The van der Waals surface area contributed by atoms with E-state index in [1.54, 1.807) is 30.1 Å². The number of amides is 1. The van der Waals surface area contributed by atoms with Gasteiger partial charge >= 0.3 is 0 Å². The zero-order valence-electron chi connectivity index (χ0n) is 16.4. The second-order valence-corrected chi connectivity index (χ2v) is 8.35. The van der Waals surface area contributed by atoms with Crippen molar-refractivity contribution in [3.05, 3.63) is 64.6 Å². The first kappa shape index (κ1) is 18.9. The third kappa shape index (κ3) is 3.28. The van der Waals surface area contributed by atoms with Crippen LogP contribution in [0.25, 0.3) is 21.0 Å². The molecule has 1 aliphatic rings. The first-order valence-electron chi connectivity index (χ1n) is 9.87. The lowest BCUT2D eigenvalue weighted by Crippen LogP contribution is -2.39. The molecule has 8 heteroatoms. The number of para-hydroxylation sites is 1. The number of hydrogen-bond acceptors (Lipinski definition) is 6. The number of ether oxygens (including phenoxy) is 1.